The fraction of sp³-hybridized carbons (Fsp3) is 0.429. The maximum Gasteiger partial charge on any atom is 0.220 e. The van der Waals surface area contributed by atoms with Crippen LogP contribution in [0.3, 0.4) is 0 Å². The minimum Gasteiger partial charge on any atom is -0.494 e. The molecular formula is C21H28N2O4. The molecule has 27 heavy (non-hydrogen) atoms. The number of hydrogen-bond acceptors (Lipinski definition) is 5. The first-order valence-electron chi connectivity index (χ1n) is 9.20. The molecule has 0 aliphatic carbocycles. The van der Waals surface area contributed by atoms with Gasteiger partial charge in [-0.1, -0.05) is 18.2 Å². The van der Waals surface area contributed by atoms with Crippen LogP contribution in [-0.2, 0) is 16.1 Å². The monoisotopic (exact) mass is 372 g/mol. The van der Waals surface area contributed by atoms with Crippen LogP contribution >= 0.6 is 0 Å². The van der Waals surface area contributed by atoms with Gasteiger partial charge in [-0.2, -0.15) is 0 Å². The van der Waals surface area contributed by atoms with Crippen molar-refractivity contribution in [3.63, 3.8) is 0 Å². The summed E-state index contributed by atoms with van der Waals surface area (Å²) < 4.78 is 16.0. The Hall–Kier alpha value is -2.60. The highest BCUT2D eigenvalue weighted by atomic mass is 16.5. The molecule has 1 heterocycles. The summed E-state index contributed by atoms with van der Waals surface area (Å²) in [5, 5.41) is 2.91. The number of aryl methyl sites for hydroxylation is 1. The summed E-state index contributed by atoms with van der Waals surface area (Å²) in [4.78, 5) is 16.1. The Morgan fingerprint density at radius 3 is 2.70 bits per heavy atom. The number of unbranched alkanes of at least 4 members (excludes halogenated alkanes) is 1. The molecule has 6 nitrogen and oxygen atoms in total. The van der Waals surface area contributed by atoms with Crippen molar-refractivity contribution in [2.75, 3.05) is 26.9 Å². The average molecular weight is 372 g/mol. The van der Waals surface area contributed by atoms with Gasteiger partial charge in [0.25, 0.3) is 0 Å². The second-order valence-corrected chi connectivity index (χ2v) is 6.24. The number of aromatic nitrogens is 1. The fourth-order valence-corrected chi connectivity index (χ4v) is 2.40. The van der Waals surface area contributed by atoms with Gasteiger partial charge in [0.15, 0.2) is 0 Å². The van der Waals surface area contributed by atoms with Crippen molar-refractivity contribution in [2.45, 2.75) is 32.7 Å². The lowest BCUT2D eigenvalue weighted by molar-refractivity contribution is -0.121. The van der Waals surface area contributed by atoms with Gasteiger partial charge >= 0.3 is 0 Å². The first-order valence-corrected chi connectivity index (χ1v) is 9.20. The van der Waals surface area contributed by atoms with E-state index in [1.165, 1.54) is 5.56 Å². The van der Waals surface area contributed by atoms with Gasteiger partial charge in [0.1, 0.15) is 12.4 Å². The SMILES string of the molecule is COCCOc1ccc(CNC(=O)CCCCOc2cccc(C)c2)cn1. The zero-order valence-electron chi connectivity index (χ0n) is 16.1. The summed E-state index contributed by atoms with van der Waals surface area (Å²) in [6, 6.07) is 11.7. The van der Waals surface area contributed by atoms with Gasteiger partial charge in [0.05, 0.1) is 13.2 Å². The third kappa shape index (κ3) is 8.55. The number of methoxy groups -OCH3 is 1. The number of amides is 1. The van der Waals surface area contributed by atoms with Crippen molar-refractivity contribution in [1.29, 1.82) is 0 Å². The zero-order valence-corrected chi connectivity index (χ0v) is 16.1. The topological polar surface area (TPSA) is 69.7 Å². The summed E-state index contributed by atoms with van der Waals surface area (Å²) in [6.07, 6.45) is 3.83. The van der Waals surface area contributed by atoms with Crippen LogP contribution in [0.4, 0.5) is 0 Å². The summed E-state index contributed by atoms with van der Waals surface area (Å²) in [5.41, 5.74) is 2.11. The quantitative estimate of drug-likeness (QED) is 0.579. The molecule has 6 heteroatoms. The number of ether oxygens (including phenoxy) is 3. The van der Waals surface area contributed by atoms with Crippen molar-refractivity contribution in [3.05, 3.63) is 53.7 Å². The number of pyridine rings is 1. The predicted octanol–water partition coefficient (Wildman–Crippen LogP) is 3.28. The van der Waals surface area contributed by atoms with E-state index in [9.17, 15) is 4.79 Å². The molecule has 1 aromatic heterocycles. The molecule has 0 bridgehead atoms. The zero-order chi connectivity index (χ0) is 19.3. The van der Waals surface area contributed by atoms with Gasteiger partial charge in [0.2, 0.25) is 11.8 Å². The lowest BCUT2D eigenvalue weighted by Gasteiger charge is -2.08. The van der Waals surface area contributed by atoms with Gasteiger partial charge in [-0.3, -0.25) is 4.79 Å². The Labute approximate surface area is 160 Å². The van der Waals surface area contributed by atoms with Crippen LogP contribution in [0.1, 0.15) is 30.4 Å². The van der Waals surface area contributed by atoms with Crippen LogP contribution in [-0.4, -0.2) is 37.8 Å². The predicted molar refractivity (Wildman–Crippen MR) is 104 cm³/mol. The highest BCUT2D eigenvalue weighted by molar-refractivity contribution is 5.75. The van der Waals surface area contributed by atoms with Gasteiger partial charge in [0, 0.05) is 32.3 Å². The first kappa shape index (κ1) is 20.7. The van der Waals surface area contributed by atoms with Gasteiger partial charge < -0.3 is 19.5 Å². The summed E-state index contributed by atoms with van der Waals surface area (Å²) in [5.74, 6) is 1.46. The smallest absolute Gasteiger partial charge is 0.220 e. The maximum atomic E-state index is 11.9. The van der Waals surface area contributed by atoms with E-state index in [0.29, 0.717) is 38.7 Å². The van der Waals surface area contributed by atoms with Crippen molar-refractivity contribution < 1.29 is 19.0 Å². The van der Waals surface area contributed by atoms with E-state index >= 15 is 0 Å². The highest BCUT2D eigenvalue weighted by Crippen LogP contribution is 2.13. The Balaban J connectivity index is 1.56. The molecule has 1 amide bonds. The van der Waals surface area contributed by atoms with Crippen LogP contribution in [0.5, 0.6) is 11.6 Å². The van der Waals surface area contributed by atoms with Crippen LogP contribution in [0.2, 0.25) is 0 Å². The molecule has 0 aliphatic rings. The standard InChI is InChI=1S/C21H28N2O4/c1-17-6-5-7-19(14-17)26-11-4-3-8-20(24)22-15-18-9-10-21(23-16-18)27-13-12-25-2/h5-7,9-10,14,16H,3-4,8,11-13,15H2,1-2H3,(H,22,24). The lowest BCUT2D eigenvalue weighted by atomic mass is 10.2. The van der Waals surface area contributed by atoms with Crippen LogP contribution < -0.4 is 14.8 Å². The molecule has 0 radical (unpaired) electrons. The number of benzene rings is 1. The van der Waals surface area contributed by atoms with E-state index in [1.807, 2.05) is 37.3 Å². The van der Waals surface area contributed by atoms with Gasteiger partial charge in [-0.15, -0.1) is 0 Å². The molecule has 0 saturated heterocycles. The Bertz CT molecular complexity index is 689. The fourth-order valence-electron chi connectivity index (χ4n) is 2.40. The Kier molecular flexibility index (Phi) is 9.13. The minimum absolute atomic E-state index is 0.0333. The van der Waals surface area contributed by atoms with E-state index in [2.05, 4.69) is 10.3 Å². The molecular weight excluding hydrogens is 344 g/mol. The third-order valence-electron chi connectivity index (χ3n) is 3.88. The number of carbonyl (C=O) groups excluding carboxylic acids is 1. The van der Waals surface area contributed by atoms with Gasteiger partial charge in [-0.05, 0) is 43.0 Å². The maximum absolute atomic E-state index is 11.9. The van der Waals surface area contributed by atoms with Crippen molar-refractivity contribution in [1.82, 2.24) is 10.3 Å². The number of carbonyl (C=O) groups is 1. The molecule has 0 spiro atoms. The van der Waals surface area contributed by atoms with Crippen LogP contribution in [0, 0.1) is 6.92 Å². The highest BCUT2D eigenvalue weighted by Gasteiger charge is 2.03. The molecule has 0 atom stereocenters. The largest absolute Gasteiger partial charge is 0.494 e. The van der Waals surface area contributed by atoms with E-state index in [0.717, 1.165) is 24.2 Å². The minimum atomic E-state index is 0.0333. The molecule has 2 rings (SSSR count). The number of rotatable bonds is 12. The van der Waals surface area contributed by atoms with Crippen LogP contribution in [0.15, 0.2) is 42.6 Å². The normalized spacial score (nSPS) is 10.4. The molecule has 1 aromatic carbocycles. The van der Waals surface area contributed by atoms with E-state index < -0.39 is 0 Å². The molecule has 146 valence electrons. The number of nitrogens with one attached hydrogen (secondary N) is 1. The molecule has 0 saturated carbocycles. The third-order valence-corrected chi connectivity index (χ3v) is 3.88. The lowest BCUT2D eigenvalue weighted by Crippen LogP contribution is -2.22. The van der Waals surface area contributed by atoms with E-state index in [-0.39, 0.29) is 5.91 Å². The summed E-state index contributed by atoms with van der Waals surface area (Å²) in [7, 11) is 1.62. The summed E-state index contributed by atoms with van der Waals surface area (Å²) in [6.45, 7) is 4.10. The second-order valence-electron chi connectivity index (χ2n) is 6.24. The second kappa shape index (κ2) is 11.9. The first-order chi connectivity index (χ1) is 13.2. The summed E-state index contributed by atoms with van der Waals surface area (Å²) >= 11 is 0. The molecule has 1 N–H and O–H groups in total. The van der Waals surface area contributed by atoms with E-state index in [4.69, 9.17) is 14.2 Å². The molecule has 0 unspecified atom stereocenters. The average Bonchev–Trinajstić information content (AvgIpc) is 2.67. The van der Waals surface area contributed by atoms with Crippen molar-refractivity contribution in [2.24, 2.45) is 0 Å². The number of hydrogen-bond donors (Lipinski definition) is 1. The Morgan fingerprint density at radius 2 is 1.96 bits per heavy atom. The van der Waals surface area contributed by atoms with E-state index in [1.54, 1.807) is 19.4 Å². The van der Waals surface area contributed by atoms with Crippen LogP contribution in [0.25, 0.3) is 0 Å². The van der Waals surface area contributed by atoms with Crippen molar-refractivity contribution in [3.8, 4) is 11.6 Å². The molecule has 0 fully saturated rings. The number of nitrogens with zero attached hydrogens (tertiary/aromatic N) is 1. The van der Waals surface area contributed by atoms with Crippen molar-refractivity contribution >= 4 is 5.91 Å². The molecule has 2 aromatic rings. The molecule has 0 aliphatic heterocycles. The van der Waals surface area contributed by atoms with Gasteiger partial charge in [-0.25, -0.2) is 4.98 Å². The Morgan fingerprint density at radius 1 is 1.07 bits per heavy atom.